The van der Waals surface area contributed by atoms with E-state index < -0.39 is 0 Å². The number of nitrogens with one attached hydrogen (secondary N) is 1. The Hall–Kier alpha value is -0.570. The van der Waals surface area contributed by atoms with Gasteiger partial charge in [0, 0.05) is 6.54 Å². The van der Waals surface area contributed by atoms with Gasteiger partial charge in [-0.25, -0.2) is 0 Å². The van der Waals surface area contributed by atoms with E-state index in [4.69, 9.17) is 0 Å². The van der Waals surface area contributed by atoms with Gasteiger partial charge in [0.1, 0.15) is 0 Å². The van der Waals surface area contributed by atoms with Crippen LogP contribution in [0.25, 0.3) is 0 Å². The normalized spacial score (nSPS) is 34.3. The summed E-state index contributed by atoms with van der Waals surface area (Å²) < 4.78 is 0. The van der Waals surface area contributed by atoms with Crippen molar-refractivity contribution < 1.29 is 4.79 Å². The molecule has 3 fully saturated rings. The SMILES string of the molecule is CC1NC2(CC2)C(=O)N1CC1CCCC1. The molecule has 1 saturated heterocycles. The maximum atomic E-state index is 12.2. The molecule has 3 aliphatic rings. The molecule has 3 rings (SSSR count). The Kier molecular flexibility index (Phi) is 2.06. The van der Waals surface area contributed by atoms with Crippen molar-refractivity contribution in [3.8, 4) is 0 Å². The number of rotatable bonds is 2. The number of amides is 1. The highest BCUT2D eigenvalue weighted by molar-refractivity contribution is 5.91. The van der Waals surface area contributed by atoms with Crippen molar-refractivity contribution in [1.29, 1.82) is 0 Å². The van der Waals surface area contributed by atoms with Crippen LogP contribution in [0, 0.1) is 5.92 Å². The average Bonchev–Trinajstić information content (AvgIpc) is 2.73. The summed E-state index contributed by atoms with van der Waals surface area (Å²) in [6.45, 7) is 3.12. The first-order chi connectivity index (χ1) is 7.21. The lowest BCUT2D eigenvalue weighted by molar-refractivity contribution is -0.131. The number of carbonyl (C=O) groups is 1. The molecular formula is C12H20N2O. The van der Waals surface area contributed by atoms with Crippen molar-refractivity contribution in [2.45, 2.75) is 57.2 Å². The fourth-order valence-corrected chi connectivity index (χ4v) is 3.19. The molecule has 1 amide bonds. The van der Waals surface area contributed by atoms with E-state index in [2.05, 4.69) is 17.1 Å². The van der Waals surface area contributed by atoms with Gasteiger partial charge < -0.3 is 4.90 Å². The van der Waals surface area contributed by atoms with Gasteiger partial charge in [0.05, 0.1) is 11.7 Å². The smallest absolute Gasteiger partial charge is 0.244 e. The van der Waals surface area contributed by atoms with Crippen molar-refractivity contribution in [2.75, 3.05) is 6.54 Å². The molecule has 1 heterocycles. The zero-order valence-corrected chi connectivity index (χ0v) is 9.46. The van der Waals surface area contributed by atoms with Crippen LogP contribution in [0.5, 0.6) is 0 Å². The van der Waals surface area contributed by atoms with Gasteiger partial charge in [-0.05, 0) is 38.5 Å². The van der Waals surface area contributed by atoms with Gasteiger partial charge in [-0.3, -0.25) is 10.1 Å². The van der Waals surface area contributed by atoms with E-state index >= 15 is 0 Å². The zero-order chi connectivity index (χ0) is 10.5. The van der Waals surface area contributed by atoms with Crippen LogP contribution in [0.15, 0.2) is 0 Å². The lowest BCUT2D eigenvalue weighted by Crippen LogP contribution is -2.37. The first kappa shape index (κ1) is 9.64. The first-order valence-electron chi connectivity index (χ1n) is 6.30. The van der Waals surface area contributed by atoms with E-state index in [0.29, 0.717) is 5.91 Å². The summed E-state index contributed by atoms with van der Waals surface area (Å²) in [6.07, 6.45) is 7.74. The minimum Gasteiger partial charge on any atom is -0.326 e. The predicted octanol–water partition coefficient (Wildman–Crippen LogP) is 1.49. The molecule has 1 N–H and O–H groups in total. The standard InChI is InChI=1S/C12H20N2O/c1-9-13-12(6-7-12)11(15)14(9)8-10-4-2-3-5-10/h9-10,13H,2-8H2,1H3. The molecule has 1 aliphatic heterocycles. The van der Waals surface area contributed by atoms with Crippen LogP contribution in [0.3, 0.4) is 0 Å². The molecule has 0 aromatic rings. The maximum absolute atomic E-state index is 12.2. The quantitative estimate of drug-likeness (QED) is 0.745. The van der Waals surface area contributed by atoms with E-state index in [1.807, 2.05) is 0 Å². The number of nitrogens with zero attached hydrogens (tertiary/aromatic N) is 1. The molecule has 15 heavy (non-hydrogen) atoms. The number of carbonyl (C=O) groups excluding carboxylic acids is 1. The van der Waals surface area contributed by atoms with Crippen LogP contribution in [0.2, 0.25) is 0 Å². The van der Waals surface area contributed by atoms with E-state index in [-0.39, 0.29) is 11.7 Å². The summed E-state index contributed by atoms with van der Waals surface area (Å²) in [5.41, 5.74) is -0.113. The second kappa shape index (κ2) is 3.21. The first-order valence-corrected chi connectivity index (χ1v) is 6.30. The Labute approximate surface area is 91.2 Å². The second-order valence-electron chi connectivity index (χ2n) is 5.51. The topological polar surface area (TPSA) is 32.3 Å². The summed E-state index contributed by atoms with van der Waals surface area (Å²) in [7, 11) is 0. The Bertz CT molecular complexity index is 279. The van der Waals surface area contributed by atoms with E-state index in [0.717, 1.165) is 25.3 Å². The average molecular weight is 208 g/mol. The highest BCUT2D eigenvalue weighted by Gasteiger charge is 2.58. The third kappa shape index (κ3) is 1.48. The molecule has 2 saturated carbocycles. The van der Waals surface area contributed by atoms with Crippen LogP contribution in [0.1, 0.15) is 45.4 Å². The van der Waals surface area contributed by atoms with Crippen molar-refractivity contribution in [2.24, 2.45) is 5.92 Å². The third-order valence-electron chi connectivity index (χ3n) is 4.30. The van der Waals surface area contributed by atoms with Crippen LogP contribution in [-0.2, 0) is 4.79 Å². The fourth-order valence-electron chi connectivity index (χ4n) is 3.19. The molecular weight excluding hydrogens is 188 g/mol. The van der Waals surface area contributed by atoms with Crippen LogP contribution >= 0.6 is 0 Å². The number of hydrogen-bond acceptors (Lipinski definition) is 2. The summed E-state index contributed by atoms with van der Waals surface area (Å²) in [5.74, 6) is 1.15. The van der Waals surface area contributed by atoms with Crippen molar-refractivity contribution in [1.82, 2.24) is 10.2 Å². The van der Waals surface area contributed by atoms with Gasteiger partial charge in [-0.1, -0.05) is 12.8 Å². The van der Waals surface area contributed by atoms with Crippen molar-refractivity contribution in [3.63, 3.8) is 0 Å². The lowest BCUT2D eigenvalue weighted by Gasteiger charge is -2.24. The predicted molar refractivity (Wildman–Crippen MR) is 58.2 cm³/mol. The Morgan fingerprint density at radius 2 is 2.07 bits per heavy atom. The molecule has 1 spiro atoms. The second-order valence-corrected chi connectivity index (χ2v) is 5.51. The van der Waals surface area contributed by atoms with Crippen molar-refractivity contribution >= 4 is 5.91 Å². The summed E-state index contributed by atoms with van der Waals surface area (Å²) in [5, 5.41) is 3.45. The van der Waals surface area contributed by atoms with Gasteiger partial charge in [0.15, 0.2) is 0 Å². The molecule has 1 atom stereocenters. The third-order valence-corrected chi connectivity index (χ3v) is 4.30. The zero-order valence-electron chi connectivity index (χ0n) is 9.46. The number of hydrogen-bond donors (Lipinski definition) is 1. The highest BCUT2D eigenvalue weighted by Crippen LogP contribution is 2.42. The summed E-state index contributed by atoms with van der Waals surface area (Å²) in [4.78, 5) is 14.2. The molecule has 2 aliphatic carbocycles. The Balaban J connectivity index is 1.67. The van der Waals surface area contributed by atoms with Crippen LogP contribution < -0.4 is 5.32 Å². The molecule has 0 aromatic carbocycles. The van der Waals surface area contributed by atoms with E-state index in [9.17, 15) is 4.79 Å². The Morgan fingerprint density at radius 1 is 1.40 bits per heavy atom. The molecule has 3 heteroatoms. The largest absolute Gasteiger partial charge is 0.326 e. The highest BCUT2D eigenvalue weighted by atomic mass is 16.2. The lowest BCUT2D eigenvalue weighted by atomic mass is 10.1. The Morgan fingerprint density at radius 3 is 2.60 bits per heavy atom. The van der Waals surface area contributed by atoms with Gasteiger partial charge in [0.25, 0.3) is 0 Å². The molecule has 1 unspecified atom stereocenters. The maximum Gasteiger partial charge on any atom is 0.244 e. The molecule has 84 valence electrons. The molecule has 3 nitrogen and oxygen atoms in total. The minimum atomic E-state index is -0.113. The molecule has 0 aromatic heterocycles. The van der Waals surface area contributed by atoms with E-state index in [1.165, 1.54) is 25.7 Å². The molecule has 0 bridgehead atoms. The molecule has 0 radical (unpaired) electrons. The van der Waals surface area contributed by atoms with Gasteiger partial charge in [-0.15, -0.1) is 0 Å². The van der Waals surface area contributed by atoms with E-state index in [1.54, 1.807) is 0 Å². The van der Waals surface area contributed by atoms with Gasteiger partial charge in [0.2, 0.25) is 5.91 Å². The monoisotopic (exact) mass is 208 g/mol. The fraction of sp³-hybridized carbons (Fsp3) is 0.917. The minimum absolute atomic E-state index is 0.113. The van der Waals surface area contributed by atoms with Gasteiger partial charge >= 0.3 is 0 Å². The van der Waals surface area contributed by atoms with Crippen LogP contribution in [0.4, 0.5) is 0 Å². The van der Waals surface area contributed by atoms with Crippen molar-refractivity contribution in [3.05, 3.63) is 0 Å². The van der Waals surface area contributed by atoms with Crippen LogP contribution in [-0.4, -0.2) is 29.1 Å². The van der Waals surface area contributed by atoms with Gasteiger partial charge in [-0.2, -0.15) is 0 Å². The summed E-state index contributed by atoms with van der Waals surface area (Å²) in [6, 6.07) is 0. The summed E-state index contributed by atoms with van der Waals surface area (Å²) >= 11 is 0.